The third-order valence-electron chi connectivity index (χ3n) is 6.35. The minimum atomic E-state index is -0.739. The standard InChI is InChI=1S/C18H20.C13H10O3/c1-17(2)13-18(3,14-9-5-4-6-10-14)16-12-8-7-11-15(16)17;14-13(15-11-7-3-1-4-8-11)16-12-9-5-2-6-10-12/h4-12H,13H2,1-3H3;1-10H. The first kappa shape index (κ1) is 23.3. The zero-order valence-corrected chi connectivity index (χ0v) is 19.9. The summed E-state index contributed by atoms with van der Waals surface area (Å²) in [6.07, 6.45) is 0.445. The minimum absolute atomic E-state index is 0.154. The van der Waals surface area contributed by atoms with E-state index in [1.165, 1.54) is 23.1 Å². The molecule has 4 aromatic carbocycles. The molecule has 0 fully saturated rings. The second-order valence-electron chi connectivity index (χ2n) is 9.38. The van der Waals surface area contributed by atoms with Crippen LogP contribution in [0.1, 0.15) is 43.9 Å². The summed E-state index contributed by atoms with van der Waals surface area (Å²) in [5.41, 5.74) is 4.86. The van der Waals surface area contributed by atoms with Gasteiger partial charge in [0.2, 0.25) is 0 Å². The van der Waals surface area contributed by atoms with E-state index < -0.39 is 6.16 Å². The Hall–Kier alpha value is -3.85. The quantitative estimate of drug-likeness (QED) is 0.235. The Balaban J connectivity index is 0.000000162. The lowest BCUT2D eigenvalue weighted by atomic mass is 9.75. The van der Waals surface area contributed by atoms with E-state index in [4.69, 9.17) is 9.47 Å². The molecule has 0 spiro atoms. The summed E-state index contributed by atoms with van der Waals surface area (Å²) in [7, 11) is 0. The van der Waals surface area contributed by atoms with Crippen molar-refractivity contribution >= 4 is 6.16 Å². The molecular weight excluding hydrogens is 420 g/mol. The molecular formula is C31H30O3. The number of ether oxygens (including phenoxy) is 2. The fourth-order valence-electron chi connectivity index (χ4n) is 4.88. The van der Waals surface area contributed by atoms with Gasteiger partial charge in [0.05, 0.1) is 0 Å². The second-order valence-corrected chi connectivity index (χ2v) is 9.38. The molecule has 0 bridgehead atoms. The number of rotatable bonds is 3. The molecule has 1 atom stereocenters. The van der Waals surface area contributed by atoms with Gasteiger partial charge in [0.15, 0.2) is 0 Å². The van der Waals surface area contributed by atoms with Crippen LogP contribution in [0.2, 0.25) is 0 Å². The summed E-state index contributed by atoms with van der Waals surface area (Å²) < 4.78 is 9.91. The van der Waals surface area contributed by atoms with Crippen molar-refractivity contribution in [2.75, 3.05) is 0 Å². The molecule has 1 aliphatic rings. The van der Waals surface area contributed by atoms with Gasteiger partial charge in [-0.3, -0.25) is 0 Å². The summed E-state index contributed by atoms with van der Waals surface area (Å²) >= 11 is 0. The molecule has 0 heterocycles. The van der Waals surface area contributed by atoms with Gasteiger partial charge in [-0.05, 0) is 52.8 Å². The molecule has 0 aromatic heterocycles. The summed E-state index contributed by atoms with van der Waals surface area (Å²) in [6.45, 7) is 7.11. The van der Waals surface area contributed by atoms with Crippen LogP contribution in [0.5, 0.6) is 11.5 Å². The largest absolute Gasteiger partial charge is 0.519 e. The van der Waals surface area contributed by atoms with Gasteiger partial charge in [-0.1, -0.05) is 112 Å². The van der Waals surface area contributed by atoms with Crippen molar-refractivity contribution in [2.24, 2.45) is 0 Å². The fraction of sp³-hybridized carbons (Fsp3) is 0.194. The van der Waals surface area contributed by atoms with Crippen LogP contribution in [0.4, 0.5) is 4.79 Å². The van der Waals surface area contributed by atoms with E-state index in [2.05, 4.69) is 75.4 Å². The Morgan fingerprint density at radius 2 is 1.00 bits per heavy atom. The third kappa shape index (κ3) is 5.20. The number of carbonyl (C=O) groups is 1. The average molecular weight is 451 g/mol. The van der Waals surface area contributed by atoms with Crippen molar-refractivity contribution in [1.29, 1.82) is 0 Å². The third-order valence-corrected chi connectivity index (χ3v) is 6.35. The van der Waals surface area contributed by atoms with Crippen molar-refractivity contribution in [2.45, 2.75) is 38.0 Å². The Bertz CT molecular complexity index is 1170. The van der Waals surface area contributed by atoms with E-state index in [1.54, 1.807) is 48.5 Å². The molecule has 1 aliphatic carbocycles. The summed E-state index contributed by atoms with van der Waals surface area (Å²) in [6, 6.07) is 37.4. The van der Waals surface area contributed by atoms with Crippen LogP contribution < -0.4 is 9.47 Å². The van der Waals surface area contributed by atoms with Gasteiger partial charge in [-0.25, -0.2) is 4.79 Å². The maximum absolute atomic E-state index is 11.3. The highest BCUT2D eigenvalue weighted by molar-refractivity contribution is 5.66. The molecule has 0 saturated carbocycles. The molecule has 0 radical (unpaired) electrons. The van der Waals surface area contributed by atoms with Crippen molar-refractivity contribution < 1.29 is 14.3 Å². The van der Waals surface area contributed by atoms with Crippen LogP contribution in [0, 0.1) is 0 Å². The summed E-state index contributed by atoms with van der Waals surface area (Å²) in [4.78, 5) is 11.3. The predicted octanol–water partition coefficient (Wildman–Crippen LogP) is 7.94. The van der Waals surface area contributed by atoms with Crippen LogP contribution in [0.3, 0.4) is 0 Å². The van der Waals surface area contributed by atoms with Gasteiger partial charge in [0.25, 0.3) is 0 Å². The van der Waals surface area contributed by atoms with Crippen molar-refractivity contribution in [3.05, 3.63) is 132 Å². The maximum Gasteiger partial charge on any atom is 0.519 e. The molecule has 5 rings (SSSR count). The molecule has 1 unspecified atom stereocenters. The lowest BCUT2D eigenvalue weighted by Crippen LogP contribution is -2.23. The number of hydrogen-bond donors (Lipinski definition) is 0. The van der Waals surface area contributed by atoms with Crippen LogP contribution in [0.15, 0.2) is 115 Å². The van der Waals surface area contributed by atoms with Gasteiger partial charge < -0.3 is 9.47 Å². The minimum Gasteiger partial charge on any atom is -0.395 e. The Labute approximate surface area is 202 Å². The topological polar surface area (TPSA) is 35.5 Å². The van der Waals surface area contributed by atoms with Gasteiger partial charge >= 0.3 is 6.16 Å². The lowest BCUT2D eigenvalue weighted by molar-refractivity contribution is 0.152. The van der Waals surface area contributed by atoms with E-state index in [0.717, 1.165) is 0 Å². The van der Waals surface area contributed by atoms with Crippen LogP contribution in [-0.4, -0.2) is 6.16 Å². The Morgan fingerprint density at radius 1 is 0.588 bits per heavy atom. The van der Waals surface area contributed by atoms with Gasteiger partial charge in [-0.15, -0.1) is 0 Å². The lowest BCUT2D eigenvalue weighted by Gasteiger charge is -2.28. The van der Waals surface area contributed by atoms with Crippen LogP contribution >= 0.6 is 0 Å². The summed E-state index contributed by atoms with van der Waals surface area (Å²) in [5, 5.41) is 0. The first-order chi connectivity index (χ1) is 16.4. The highest BCUT2D eigenvalue weighted by Gasteiger charge is 2.45. The maximum atomic E-state index is 11.3. The van der Waals surface area contributed by atoms with E-state index in [-0.39, 0.29) is 10.8 Å². The van der Waals surface area contributed by atoms with Gasteiger partial charge in [0.1, 0.15) is 11.5 Å². The fourth-order valence-corrected chi connectivity index (χ4v) is 4.88. The molecule has 3 nitrogen and oxygen atoms in total. The number of carbonyl (C=O) groups excluding carboxylic acids is 1. The molecule has 3 heteroatoms. The number of benzene rings is 4. The highest BCUT2D eigenvalue weighted by Crippen LogP contribution is 2.52. The molecule has 172 valence electrons. The highest BCUT2D eigenvalue weighted by atomic mass is 16.7. The Kier molecular flexibility index (Phi) is 6.83. The number of fused-ring (bicyclic) bond motifs is 1. The van der Waals surface area contributed by atoms with Crippen LogP contribution in [-0.2, 0) is 10.8 Å². The molecule has 34 heavy (non-hydrogen) atoms. The zero-order chi connectivity index (χ0) is 24.0. The second kappa shape index (κ2) is 9.96. The first-order valence-electron chi connectivity index (χ1n) is 11.5. The first-order valence-corrected chi connectivity index (χ1v) is 11.5. The molecule has 0 N–H and O–H groups in total. The van der Waals surface area contributed by atoms with Crippen molar-refractivity contribution in [3.8, 4) is 11.5 Å². The molecule has 4 aromatic rings. The Morgan fingerprint density at radius 3 is 1.50 bits per heavy atom. The number of para-hydroxylation sites is 2. The van der Waals surface area contributed by atoms with Crippen molar-refractivity contribution in [1.82, 2.24) is 0 Å². The van der Waals surface area contributed by atoms with E-state index in [0.29, 0.717) is 11.5 Å². The monoisotopic (exact) mass is 450 g/mol. The van der Waals surface area contributed by atoms with E-state index in [1.807, 2.05) is 12.1 Å². The molecule has 0 amide bonds. The number of hydrogen-bond acceptors (Lipinski definition) is 3. The smallest absolute Gasteiger partial charge is 0.395 e. The van der Waals surface area contributed by atoms with E-state index >= 15 is 0 Å². The van der Waals surface area contributed by atoms with Gasteiger partial charge in [-0.2, -0.15) is 0 Å². The summed E-state index contributed by atoms with van der Waals surface area (Å²) in [5.74, 6) is 0.923. The zero-order valence-electron chi connectivity index (χ0n) is 19.9. The SMILES string of the molecule is CC1(C)CC(C)(c2ccccc2)c2ccccc21.O=C(Oc1ccccc1)Oc1ccccc1. The van der Waals surface area contributed by atoms with E-state index in [9.17, 15) is 4.79 Å². The predicted molar refractivity (Wildman–Crippen MR) is 137 cm³/mol. The van der Waals surface area contributed by atoms with Crippen molar-refractivity contribution in [3.63, 3.8) is 0 Å². The average Bonchev–Trinajstić information content (AvgIpc) is 3.07. The molecule has 0 saturated heterocycles. The van der Waals surface area contributed by atoms with Gasteiger partial charge in [0, 0.05) is 5.41 Å². The normalized spacial score (nSPS) is 17.6. The van der Waals surface area contributed by atoms with Crippen LogP contribution in [0.25, 0.3) is 0 Å². The molecule has 0 aliphatic heterocycles.